The summed E-state index contributed by atoms with van der Waals surface area (Å²) in [6.45, 7) is 6.37. The molecule has 3 N–H and O–H groups in total. The van der Waals surface area contributed by atoms with Gasteiger partial charge in [-0.15, -0.1) is 0 Å². The number of hydrogen-bond donors (Lipinski definition) is 3. The lowest BCUT2D eigenvalue weighted by molar-refractivity contribution is -0.141. The minimum Gasteiger partial charge on any atom is -0.444 e. The van der Waals surface area contributed by atoms with Crippen LogP contribution in [0.2, 0.25) is 0 Å². The maximum atomic E-state index is 14.9. The third-order valence-corrected chi connectivity index (χ3v) is 8.24. The van der Waals surface area contributed by atoms with Crippen molar-refractivity contribution in [3.8, 4) is 11.4 Å². The fourth-order valence-corrected chi connectivity index (χ4v) is 6.15. The number of carbonyl (C=O) groups excluding carboxylic acids is 3. The summed E-state index contributed by atoms with van der Waals surface area (Å²) in [5, 5.41) is 9.16. The van der Waals surface area contributed by atoms with Crippen LogP contribution in [-0.2, 0) is 14.3 Å². The van der Waals surface area contributed by atoms with Crippen molar-refractivity contribution < 1.29 is 28.0 Å². The van der Waals surface area contributed by atoms with E-state index in [0.29, 0.717) is 32.4 Å². The first kappa shape index (κ1) is 31.0. The smallest absolute Gasteiger partial charge is 0.439 e. The molecule has 0 bridgehead atoms. The summed E-state index contributed by atoms with van der Waals surface area (Å²) in [5.74, 6) is -2.23. The maximum absolute atomic E-state index is 14.9. The van der Waals surface area contributed by atoms with E-state index in [1.54, 1.807) is 4.90 Å². The predicted molar refractivity (Wildman–Crippen MR) is 160 cm³/mol. The van der Waals surface area contributed by atoms with Crippen molar-refractivity contribution in [2.45, 2.75) is 70.4 Å². The van der Waals surface area contributed by atoms with Gasteiger partial charge in [-0.3, -0.25) is 19.1 Å². The average Bonchev–Trinajstić information content (AvgIpc) is 3.62. The molecule has 0 radical (unpaired) electrons. The van der Waals surface area contributed by atoms with E-state index in [0.717, 1.165) is 24.5 Å². The topological polar surface area (TPSA) is 147 Å². The SMILES string of the molecule is CC(C)(C)OC(=O)NCC1CCC(C(=O)N2CCC(c3ccccc3)C2C(=O)Nc2ccc(-c3noc(=O)[nH]3)c(F)c2)CC1. The van der Waals surface area contributed by atoms with Gasteiger partial charge >= 0.3 is 11.8 Å². The zero-order valence-corrected chi connectivity index (χ0v) is 25.1. The van der Waals surface area contributed by atoms with Crippen molar-refractivity contribution in [2.75, 3.05) is 18.4 Å². The predicted octanol–water partition coefficient (Wildman–Crippen LogP) is 4.82. The summed E-state index contributed by atoms with van der Waals surface area (Å²) in [6.07, 6.45) is 3.06. The Hall–Kier alpha value is -4.48. The van der Waals surface area contributed by atoms with Crippen molar-refractivity contribution in [3.63, 3.8) is 0 Å². The van der Waals surface area contributed by atoms with Crippen LogP contribution >= 0.6 is 0 Å². The van der Waals surface area contributed by atoms with Gasteiger partial charge in [0.05, 0.1) is 5.56 Å². The maximum Gasteiger partial charge on any atom is 0.439 e. The molecule has 3 aromatic rings. The number of halogens is 1. The first-order chi connectivity index (χ1) is 21.0. The fourth-order valence-electron chi connectivity index (χ4n) is 6.15. The van der Waals surface area contributed by atoms with E-state index in [4.69, 9.17) is 4.74 Å². The molecule has 1 aliphatic carbocycles. The molecule has 234 valence electrons. The Morgan fingerprint density at radius 2 is 1.80 bits per heavy atom. The van der Waals surface area contributed by atoms with Gasteiger partial charge < -0.3 is 20.3 Å². The zero-order valence-electron chi connectivity index (χ0n) is 25.1. The summed E-state index contributed by atoms with van der Waals surface area (Å²) >= 11 is 0. The molecule has 1 aliphatic heterocycles. The average molecular weight is 608 g/mol. The highest BCUT2D eigenvalue weighted by Crippen LogP contribution is 2.38. The number of aromatic amines is 1. The second kappa shape index (κ2) is 13.0. The number of aromatic nitrogens is 2. The quantitative estimate of drug-likeness (QED) is 0.349. The third kappa shape index (κ3) is 7.35. The molecule has 5 rings (SSSR count). The monoisotopic (exact) mass is 607 g/mol. The molecule has 44 heavy (non-hydrogen) atoms. The van der Waals surface area contributed by atoms with E-state index in [2.05, 4.69) is 25.3 Å². The normalized spacial score (nSPS) is 22.0. The molecule has 12 heteroatoms. The van der Waals surface area contributed by atoms with Crippen LogP contribution in [0.3, 0.4) is 0 Å². The van der Waals surface area contributed by atoms with Gasteiger partial charge in [0.1, 0.15) is 17.5 Å². The van der Waals surface area contributed by atoms with Crippen LogP contribution < -0.4 is 16.4 Å². The minimum atomic E-state index is -0.805. The van der Waals surface area contributed by atoms with Gasteiger partial charge in [0.15, 0.2) is 5.82 Å². The van der Waals surface area contributed by atoms with Crippen LogP contribution in [0.25, 0.3) is 11.4 Å². The molecule has 2 aromatic carbocycles. The van der Waals surface area contributed by atoms with E-state index in [-0.39, 0.29) is 40.7 Å². The van der Waals surface area contributed by atoms with Crippen molar-refractivity contribution in [1.29, 1.82) is 0 Å². The molecule has 2 atom stereocenters. The molecule has 0 spiro atoms. The number of alkyl carbamates (subject to hydrolysis) is 1. The number of nitrogens with zero attached hydrogens (tertiary/aromatic N) is 2. The lowest BCUT2D eigenvalue weighted by Gasteiger charge is -2.34. The standard InChI is InChI=1S/C32H38FN5O6/c1-32(2,3)43-30(41)34-18-19-9-11-21(12-10-19)29(40)38-16-15-23(20-7-5-4-6-8-20)26(38)28(39)35-22-13-14-24(25(33)17-22)27-36-31(42)44-37-27/h4-8,13-14,17,19,21,23,26H,9-12,15-16,18H2,1-3H3,(H,34,41)(H,35,39)(H,36,37,42). The fraction of sp³-hybridized carbons (Fsp3) is 0.469. The van der Waals surface area contributed by atoms with Crippen molar-refractivity contribution in [1.82, 2.24) is 20.4 Å². The summed E-state index contributed by atoms with van der Waals surface area (Å²) in [5.41, 5.74) is 0.620. The Morgan fingerprint density at radius 3 is 2.43 bits per heavy atom. The number of H-pyrrole nitrogens is 1. The third-order valence-electron chi connectivity index (χ3n) is 8.24. The lowest BCUT2D eigenvalue weighted by Crippen LogP contribution is -2.48. The van der Waals surface area contributed by atoms with E-state index >= 15 is 0 Å². The van der Waals surface area contributed by atoms with Gasteiger partial charge in [-0.05, 0) is 82.6 Å². The van der Waals surface area contributed by atoms with Gasteiger partial charge in [-0.1, -0.05) is 35.5 Å². The molecule has 2 fully saturated rings. The highest BCUT2D eigenvalue weighted by atomic mass is 19.1. The number of likely N-dealkylation sites (tertiary alicyclic amines) is 1. The number of ether oxygens (including phenoxy) is 1. The second-order valence-electron chi connectivity index (χ2n) is 12.5. The van der Waals surface area contributed by atoms with E-state index in [1.165, 1.54) is 12.1 Å². The molecule has 2 aliphatic rings. The van der Waals surface area contributed by atoms with Gasteiger partial charge in [0.25, 0.3) is 0 Å². The highest BCUT2D eigenvalue weighted by Gasteiger charge is 2.44. The largest absolute Gasteiger partial charge is 0.444 e. The van der Waals surface area contributed by atoms with Crippen LogP contribution in [0, 0.1) is 17.7 Å². The first-order valence-corrected chi connectivity index (χ1v) is 15.0. The highest BCUT2D eigenvalue weighted by molar-refractivity contribution is 5.98. The van der Waals surface area contributed by atoms with E-state index < -0.39 is 35.2 Å². The van der Waals surface area contributed by atoms with E-state index in [1.807, 2.05) is 51.1 Å². The molecule has 3 amide bonds. The van der Waals surface area contributed by atoms with Gasteiger partial charge in [-0.2, -0.15) is 0 Å². The van der Waals surface area contributed by atoms with Crippen LogP contribution in [0.15, 0.2) is 57.8 Å². The number of benzene rings is 2. The van der Waals surface area contributed by atoms with Crippen LogP contribution in [0.1, 0.15) is 64.4 Å². The summed E-state index contributed by atoms with van der Waals surface area (Å²) in [4.78, 5) is 55.0. The Morgan fingerprint density at radius 1 is 1.07 bits per heavy atom. The molecular weight excluding hydrogens is 569 g/mol. The molecular formula is C32H38FN5O6. The number of carbonyl (C=O) groups is 3. The lowest BCUT2D eigenvalue weighted by atomic mass is 9.81. The molecule has 1 saturated heterocycles. The Bertz CT molecular complexity index is 1540. The van der Waals surface area contributed by atoms with Crippen LogP contribution in [0.4, 0.5) is 14.9 Å². The second-order valence-corrected chi connectivity index (χ2v) is 12.5. The van der Waals surface area contributed by atoms with Gasteiger partial charge in [0, 0.05) is 30.6 Å². The molecule has 2 unspecified atom stereocenters. The van der Waals surface area contributed by atoms with Crippen molar-refractivity contribution >= 4 is 23.6 Å². The number of rotatable bonds is 7. The zero-order chi connectivity index (χ0) is 31.4. The van der Waals surface area contributed by atoms with Crippen molar-refractivity contribution in [3.05, 3.63) is 70.5 Å². The Balaban J connectivity index is 1.26. The summed E-state index contributed by atoms with van der Waals surface area (Å²) in [6, 6.07) is 12.9. The number of anilines is 1. The summed E-state index contributed by atoms with van der Waals surface area (Å²) in [7, 11) is 0. The van der Waals surface area contributed by atoms with Crippen LogP contribution in [0.5, 0.6) is 0 Å². The van der Waals surface area contributed by atoms with Gasteiger partial charge in [0.2, 0.25) is 11.8 Å². The molecule has 2 heterocycles. The Kier molecular flexibility index (Phi) is 9.17. The first-order valence-electron chi connectivity index (χ1n) is 15.0. The number of amides is 3. The van der Waals surface area contributed by atoms with Gasteiger partial charge in [-0.25, -0.2) is 14.0 Å². The number of hydrogen-bond acceptors (Lipinski definition) is 7. The van der Waals surface area contributed by atoms with Crippen LogP contribution in [-0.4, -0.2) is 57.7 Å². The minimum absolute atomic E-state index is 0.0191. The van der Waals surface area contributed by atoms with E-state index in [9.17, 15) is 23.6 Å². The molecule has 1 aromatic heterocycles. The Labute approximate surface area is 254 Å². The number of nitrogens with one attached hydrogen (secondary N) is 3. The molecule has 1 saturated carbocycles. The van der Waals surface area contributed by atoms with Crippen molar-refractivity contribution in [2.24, 2.45) is 11.8 Å². The molecule has 11 nitrogen and oxygen atoms in total. The summed E-state index contributed by atoms with van der Waals surface area (Å²) < 4.78 is 24.7.